The molecule has 184 valence electrons. The van der Waals surface area contributed by atoms with Crippen LogP contribution in [0.3, 0.4) is 0 Å². The van der Waals surface area contributed by atoms with Gasteiger partial charge in [0.15, 0.2) is 5.82 Å². The van der Waals surface area contributed by atoms with E-state index in [1.807, 2.05) is 12.4 Å². The zero-order chi connectivity index (χ0) is 24.0. The molecule has 1 atom stereocenters. The van der Waals surface area contributed by atoms with Crippen molar-refractivity contribution in [1.29, 1.82) is 0 Å². The molecule has 0 bridgehead atoms. The van der Waals surface area contributed by atoms with Crippen LogP contribution in [-0.4, -0.2) is 61.2 Å². The van der Waals surface area contributed by atoms with Crippen LogP contribution in [0.4, 0.5) is 16.6 Å². The Morgan fingerprint density at radius 2 is 2.03 bits per heavy atom. The molecule has 4 heterocycles. The summed E-state index contributed by atoms with van der Waals surface area (Å²) in [5.41, 5.74) is 7.97. The largest absolute Gasteiger partial charge is 0.447 e. The molecule has 2 fully saturated rings. The first-order valence-electron chi connectivity index (χ1n) is 12.3. The fraction of sp³-hybridized carbons (Fsp3) is 0.542. The Morgan fingerprint density at radius 3 is 2.66 bits per heavy atom. The highest BCUT2D eigenvalue weighted by atomic mass is 32.2. The fourth-order valence-electron chi connectivity index (χ4n) is 4.96. The third-order valence-electron chi connectivity index (χ3n) is 7.36. The Labute approximate surface area is 206 Å². The van der Waals surface area contributed by atoms with Gasteiger partial charge in [0.25, 0.3) is 0 Å². The normalized spacial score (nSPS) is 22.7. The molecule has 0 saturated heterocycles. The van der Waals surface area contributed by atoms with Gasteiger partial charge in [-0.15, -0.1) is 0 Å². The van der Waals surface area contributed by atoms with Gasteiger partial charge in [0, 0.05) is 37.7 Å². The van der Waals surface area contributed by atoms with E-state index in [0.717, 1.165) is 49.3 Å². The molecule has 2 aromatic heterocycles. The molecule has 3 N–H and O–H groups in total. The minimum Gasteiger partial charge on any atom is -0.447 e. The molecule has 1 amide bonds. The van der Waals surface area contributed by atoms with Crippen LogP contribution in [0.2, 0.25) is 0 Å². The summed E-state index contributed by atoms with van der Waals surface area (Å²) in [6, 6.07) is 0. The van der Waals surface area contributed by atoms with Crippen molar-refractivity contribution in [3.8, 4) is 0 Å². The van der Waals surface area contributed by atoms with Crippen LogP contribution in [0, 0.1) is 0 Å². The summed E-state index contributed by atoms with van der Waals surface area (Å²) < 4.78 is 17.9. The van der Waals surface area contributed by atoms with Crippen molar-refractivity contribution in [3.63, 3.8) is 0 Å². The smallest absolute Gasteiger partial charge is 0.404 e. The Balaban J connectivity index is 1.22. The van der Waals surface area contributed by atoms with Crippen LogP contribution in [0.25, 0.3) is 5.57 Å². The molecule has 10 nitrogen and oxygen atoms in total. The number of aromatic nitrogens is 4. The lowest BCUT2D eigenvalue weighted by atomic mass is 9.77. The SMILES string of the molecule is NC(=O)OCC1(Nc2nc(N3CC=C(c4ncc(C5CC5)cn4)CC3)nc3c2[S@](=O)CC3)CCC1. The van der Waals surface area contributed by atoms with Gasteiger partial charge in [-0.05, 0) is 55.6 Å². The van der Waals surface area contributed by atoms with Crippen molar-refractivity contribution in [3.05, 3.63) is 35.6 Å². The molecule has 6 rings (SSSR count). The van der Waals surface area contributed by atoms with Gasteiger partial charge in [-0.3, -0.25) is 4.21 Å². The molecule has 4 aliphatic rings. The van der Waals surface area contributed by atoms with E-state index in [1.165, 1.54) is 18.4 Å². The second-order valence-corrected chi connectivity index (χ2v) is 11.4. The van der Waals surface area contributed by atoms with Gasteiger partial charge in [0.2, 0.25) is 5.95 Å². The maximum absolute atomic E-state index is 12.8. The lowest BCUT2D eigenvalue weighted by Gasteiger charge is -2.42. The number of anilines is 2. The van der Waals surface area contributed by atoms with E-state index in [4.69, 9.17) is 20.4 Å². The first-order chi connectivity index (χ1) is 17.0. The number of nitrogens with one attached hydrogen (secondary N) is 1. The van der Waals surface area contributed by atoms with Crippen molar-refractivity contribution < 1.29 is 13.7 Å². The van der Waals surface area contributed by atoms with Crippen LogP contribution in [0.5, 0.6) is 0 Å². The van der Waals surface area contributed by atoms with Gasteiger partial charge in [-0.25, -0.2) is 19.7 Å². The Morgan fingerprint density at radius 1 is 1.23 bits per heavy atom. The minimum atomic E-state index is -1.15. The number of fused-ring (bicyclic) bond motifs is 1. The van der Waals surface area contributed by atoms with Crippen LogP contribution < -0.4 is 16.0 Å². The third-order valence-corrected chi connectivity index (χ3v) is 8.82. The molecule has 2 aromatic rings. The van der Waals surface area contributed by atoms with Gasteiger partial charge >= 0.3 is 6.09 Å². The van der Waals surface area contributed by atoms with Gasteiger partial charge in [0.05, 0.1) is 22.0 Å². The number of amides is 1. The first kappa shape index (κ1) is 22.4. The van der Waals surface area contributed by atoms with Crippen molar-refractivity contribution in [1.82, 2.24) is 19.9 Å². The predicted molar refractivity (Wildman–Crippen MR) is 132 cm³/mol. The molecule has 0 aromatic carbocycles. The molecule has 2 aliphatic heterocycles. The highest BCUT2D eigenvalue weighted by molar-refractivity contribution is 7.85. The van der Waals surface area contributed by atoms with E-state index in [2.05, 4.69) is 26.3 Å². The van der Waals surface area contributed by atoms with E-state index in [9.17, 15) is 9.00 Å². The van der Waals surface area contributed by atoms with Gasteiger partial charge in [-0.2, -0.15) is 4.98 Å². The maximum atomic E-state index is 12.8. The number of rotatable bonds is 7. The zero-order valence-electron chi connectivity index (χ0n) is 19.5. The minimum absolute atomic E-state index is 0.165. The number of carbonyl (C=O) groups excluding carboxylic acids is 1. The monoisotopic (exact) mass is 495 g/mol. The number of carbonyl (C=O) groups is 1. The molecule has 2 aliphatic carbocycles. The van der Waals surface area contributed by atoms with Crippen LogP contribution in [0.15, 0.2) is 23.4 Å². The van der Waals surface area contributed by atoms with E-state index >= 15 is 0 Å². The van der Waals surface area contributed by atoms with Crippen molar-refractivity contribution in [2.45, 2.75) is 61.3 Å². The summed E-state index contributed by atoms with van der Waals surface area (Å²) in [4.78, 5) is 32.8. The van der Waals surface area contributed by atoms with Crippen LogP contribution in [-0.2, 0) is 22.0 Å². The van der Waals surface area contributed by atoms with E-state index in [-0.39, 0.29) is 6.61 Å². The van der Waals surface area contributed by atoms with Crippen LogP contribution >= 0.6 is 0 Å². The molecule has 11 heteroatoms. The molecular formula is C24H29N7O3S. The van der Waals surface area contributed by atoms with E-state index < -0.39 is 22.4 Å². The maximum Gasteiger partial charge on any atom is 0.404 e. The van der Waals surface area contributed by atoms with Crippen LogP contribution in [0.1, 0.15) is 61.5 Å². The van der Waals surface area contributed by atoms with E-state index in [1.54, 1.807) is 0 Å². The quantitative estimate of drug-likeness (QED) is 0.594. The predicted octanol–water partition coefficient (Wildman–Crippen LogP) is 2.53. The third kappa shape index (κ3) is 4.49. The van der Waals surface area contributed by atoms with Gasteiger partial charge < -0.3 is 20.7 Å². The Hall–Kier alpha value is -3.08. The molecule has 0 radical (unpaired) electrons. The average molecular weight is 496 g/mol. The van der Waals surface area contributed by atoms with Gasteiger partial charge in [0.1, 0.15) is 17.3 Å². The summed E-state index contributed by atoms with van der Waals surface area (Å²) in [7, 11) is -1.15. The summed E-state index contributed by atoms with van der Waals surface area (Å²) in [6.45, 7) is 1.57. The summed E-state index contributed by atoms with van der Waals surface area (Å²) in [6.07, 6.45) is 11.9. The summed E-state index contributed by atoms with van der Waals surface area (Å²) >= 11 is 0. The number of ether oxygens (including phenoxy) is 1. The van der Waals surface area contributed by atoms with Crippen molar-refractivity contribution >= 4 is 34.2 Å². The summed E-state index contributed by atoms with van der Waals surface area (Å²) in [5, 5.41) is 3.47. The highest BCUT2D eigenvalue weighted by Gasteiger charge is 2.40. The fourth-order valence-corrected chi connectivity index (χ4v) is 6.27. The topological polar surface area (TPSA) is 136 Å². The molecular weight excluding hydrogens is 466 g/mol. The number of hydrogen-bond acceptors (Lipinski definition) is 9. The number of aryl methyl sites for hydroxylation is 1. The van der Waals surface area contributed by atoms with Gasteiger partial charge in [-0.1, -0.05) is 6.08 Å². The second kappa shape index (κ2) is 8.85. The lowest BCUT2D eigenvalue weighted by molar-refractivity contribution is 0.101. The standard InChI is InChI=1S/C24H29N7O3S/c25-22(32)34-14-24(7-1-8-24)30-21-19-18(6-11-35(19)33)28-23(29-21)31-9-4-16(5-10-31)20-26-12-17(13-27-20)15-2-3-15/h4,12-13,15H,1-3,5-11,14H2,(H2,25,32)(H,28,29,30)/t35-/m1/s1. The number of nitrogens with zero attached hydrogens (tertiary/aromatic N) is 5. The van der Waals surface area contributed by atoms with Crippen molar-refractivity contribution in [2.75, 3.05) is 35.7 Å². The van der Waals surface area contributed by atoms with E-state index in [0.29, 0.717) is 41.3 Å². The molecule has 2 saturated carbocycles. The highest BCUT2D eigenvalue weighted by Crippen LogP contribution is 2.40. The number of nitrogens with two attached hydrogens (primary N) is 1. The van der Waals surface area contributed by atoms with Crippen molar-refractivity contribution in [2.24, 2.45) is 5.73 Å². The molecule has 0 unspecified atom stereocenters. The average Bonchev–Trinajstić information content (AvgIpc) is 3.63. The summed E-state index contributed by atoms with van der Waals surface area (Å²) in [5.74, 6) is 3.20. The molecule has 35 heavy (non-hydrogen) atoms. The Bertz CT molecular complexity index is 1210. The number of hydrogen-bond donors (Lipinski definition) is 2. The Kier molecular flexibility index (Phi) is 5.66. The zero-order valence-corrected chi connectivity index (χ0v) is 20.4. The lowest BCUT2D eigenvalue weighted by Crippen LogP contribution is -2.50. The number of primary amides is 1. The molecule has 0 spiro atoms. The first-order valence-corrected chi connectivity index (χ1v) is 13.6. The second-order valence-electron chi connectivity index (χ2n) is 9.85.